The fourth-order valence-corrected chi connectivity index (χ4v) is 1.61. The average molecular weight is 243 g/mol. The summed E-state index contributed by atoms with van der Waals surface area (Å²) in [4.78, 5) is 14.6. The van der Waals surface area contributed by atoms with Crippen molar-refractivity contribution in [2.45, 2.75) is 20.8 Å². The second-order valence-electron chi connectivity index (χ2n) is 4.61. The normalized spacial score (nSPS) is 12.1. The van der Waals surface area contributed by atoms with E-state index in [1.54, 1.807) is 0 Å². The van der Waals surface area contributed by atoms with Crippen molar-refractivity contribution in [3.05, 3.63) is 36.0 Å². The lowest BCUT2D eigenvalue weighted by atomic mass is 10.1. The van der Waals surface area contributed by atoms with Crippen LogP contribution in [0.15, 0.2) is 35.6 Å². The van der Waals surface area contributed by atoms with Crippen LogP contribution < -0.4 is 5.43 Å². The summed E-state index contributed by atoms with van der Waals surface area (Å²) in [5, 5.41) is 5.25. The fraction of sp³-hybridized carbons (Fsp3) is 0.286. The molecule has 0 aliphatic rings. The summed E-state index contributed by atoms with van der Waals surface area (Å²) in [5.41, 5.74) is 5.46. The number of carbonyl (C=O) groups is 1. The number of aromatic nitrogens is 1. The Morgan fingerprint density at radius 2 is 2.11 bits per heavy atom. The van der Waals surface area contributed by atoms with Crippen molar-refractivity contribution in [3.63, 3.8) is 0 Å². The van der Waals surface area contributed by atoms with E-state index in [0.29, 0.717) is 0 Å². The maximum atomic E-state index is 11.4. The second kappa shape index (κ2) is 5.04. The Labute approximate surface area is 106 Å². The number of nitrogens with one attached hydrogen (secondary N) is 2. The Hall–Kier alpha value is -2.10. The maximum absolute atomic E-state index is 11.4. The molecule has 1 heterocycles. The Morgan fingerprint density at radius 3 is 2.83 bits per heavy atom. The number of hydrogen-bond acceptors (Lipinski definition) is 2. The Bertz CT molecular complexity index is 596. The van der Waals surface area contributed by atoms with Gasteiger partial charge in [-0.05, 0) is 30.7 Å². The zero-order valence-electron chi connectivity index (χ0n) is 10.8. The first kappa shape index (κ1) is 12.4. The zero-order chi connectivity index (χ0) is 13.1. The number of H-pyrrole nitrogens is 1. The predicted molar refractivity (Wildman–Crippen MR) is 73.5 cm³/mol. The van der Waals surface area contributed by atoms with Gasteiger partial charge in [0.1, 0.15) is 0 Å². The zero-order valence-corrected chi connectivity index (χ0v) is 10.8. The van der Waals surface area contributed by atoms with Gasteiger partial charge >= 0.3 is 0 Å². The summed E-state index contributed by atoms with van der Waals surface area (Å²) in [7, 11) is 0. The summed E-state index contributed by atoms with van der Waals surface area (Å²) in [6, 6.07) is 8.05. The first-order valence-corrected chi connectivity index (χ1v) is 5.99. The van der Waals surface area contributed by atoms with E-state index in [2.05, 4.69) is 15.5 Å². The van der Waals surface area contributed by atoms with Crippen molar-refractivity contribution in [3.8, 4) is 0 Å². The van der Waals surface area contributed by atoms with Crippen molar-refractivity contribution in [2.24, 2.45) is 11.0 Å². The molecule has 2 rings (SSSR count). The molecule has 0 bridgehead atoms. The molecule has 0 radical (unpaired) electrons. The Morgan fingerprint density at radius 1 is 1.33 bits per heavy atom. The lowest BCUT2D eigenvalue weighted by Gasteiger charge is -2.05. The molecule has 4 heteroatoms. The number of nitrogens with zero attached hydrogens (tertiary/aromatic N) is 1. The Kier molecular flexibility index (Phi) is 3.46. The van der Waals surface area contributed by atoms with E-state index in [4.69, 9.17) is 0 Å². The monoisotopic (exact) mass is 243 g/mol. The van der Waals surface area contributed by atoms with Crippen LogP contribution in [0.5, 0.6) is 0 Å². The number of amides is 1. The van der Waals surface area contributed by atoms with E-state index in [0.717, 1.165) is 22.2 Å². The molecular weight excluding hydrogens is 226 g/mol. The van der Waals surface area contributed by atoms with Gasteiger partial charge in [0.2, 0.25) is 5.91 Å². The largest absolute Gasteiger partial charge is 0.361 e. The maximum Gasteiger partial charge on any atom is 0.242 e. The van der Waals surface area contributed by atoms with Crippen LogP contribution in [0.2, 0.25) is 0 Å². The van der Waals surface area contributed by atoms with Gasteiger partial charge in [-0.2, -0.15) is 5.10 Å². The highest BCUT2D eigenvalue weighted by molar-refractivity contribution is 6.02. The van der Waals surface area contributed by atoms with Gasteiger partial charge in [-0.3, -0.25) is 4.79 Å². The van der Waals surface area contributed by atoms with Crippen LogP contribution in [0.1, 0.15) is 26.3 Å². The molecule has 2 N–H and O–H groups in total. The van der Waals surface area contributed by atoms with E-state index in [1.807, 2.05) is 51.2 Å². The first-order valence-electron chi connectivity index (χ1n) is 5.99. The van der Waals surface area contributed by atoms with Crippen LogP contribution in [0, 0.1) is 5.92 Å². The van der Waals surface area contributed by atoms with Crippen molar-refractivity contribution in [1.29, 1.82) is 0 Å². The van der Waals surface area contributed by atoms with Gasteiger partial charge in [0.05, 0.1) is 5.71 Å². The van der Waals surface area contributed by atoms with Crippen molar-refractivity contribution < 1.29 is 4.79 Å². The number of fused-ring (bicyclic) bond motifs is 1. The van der Waals surface area contributed by atoms with Gasteiger partial charge in [0, 0.05) is 23.0 Å². The van der Waals surface area contributed by atoms with Gasteiger partial charge < -0.3 is 4.98 Å². The summed E-state index contributed by atoms with van der Waals surface area (Å²) >= 11 is 0. The van der Waals surface area contributed by atoms with Gasteiger partial charge in [-0.1, -0.05) is 19.9 Å². The van der Waals surface area contributed by atoms with Crippen molar-refractivity contribution >= 4 is 22.5 Å². The van der Waals surface area contributed by atoms with Crippen molar-refractivity contribution in [1.82, 2.24) is 10.4 Å². The molecule has 0 atom stereocenters. The van der Waals surface area contributed by atoms with E-state index < -0.39 is 0 Å². The standard InChI is InChI=1S/C14H17N3O/c1-9(2)14(18)17-16-10(3)11-4-5-13-12(8-11)6-7-15-13/h4-9,15H,1-3H3,(H,17,18). The fourth-order valence-electron chi connectivity index (χ4n) is 1.61. The minimum atomic E-state index is -0.0722. The third-order valence-corrected chi connectivity index (χ3v) is 2.83. The van der Waals surface area contributed by atoms with Crippen LogP contribution in [0.4, 0.5) is 0 Å². The molecule has 94 valence electrons. The molecule has 1 aromatic heterocycles. The molecule has 18 heavy (non-hydrogen) atoms. The molecule has 2 aromatic rings. The average Bonchev–Trinajstić information content (AvgIpc) is 2.82. The van der Waals surface area contributed by atoms with Gasteiger partial charge in [0.15, 0.2) is 0 Å². The summed E-state index contributed by atoms with van der Waals surface area (Å²) in [5.74, 6) is -0.134. The van der Waals surface area contributed by atoms with E-state index in [9.17, 15) is 4.79 Å². The number of benzene rings is 1. The molecule has 0 saturated heterocycles. The Balaban J connectivity index is 2.19. The minimum Gasteiger partial charge on any atom is -0.361 e. The number of hydrazone groups is 1. The molecule has 0 fully saturated rings. The van der Waals surface area contributed by atoms with Crippen molar-refractivity contribution in [2.75, 3.05) is 0 Å². The first-order chi connectivity index (χ1) is 8.58. The number of rotatable bonds is 3. The van der Waals surface area contributed by atoms with Gasteiger partial charge in [0.25, 0.3) is 0 Å². The smallest absolute Gasteiger partial charge is 0.242 e. The highest BCUT2D eigenvalue weighted by Crippen LogP contribution is 2.14. The molecule has 1 aromatic carbocycles. The number of aromatic amines is 1. The van der Waals surface area contributed by atoms with Gasteiger partial charge in [-0.15, -0.1) is 0 Å². The van der Waals surface area contributed by atoms with E-state index in [1.165, 1.54) is 0 Å². The van der Waals surface area contributed by atoms with E-state index in [-0.39, 0.29) is 11.8 Å². The lowest BCUT2D eigenvalue weighted by Crippen LogP contribution is -2.24. The van der Waals surface area contributed by atoms with E-state index >= 15 is 0 Å². The van der Waals surface area contributed by atoms with Gasteiger partial charge in [-0.25, -0.2) is 5.43 Å². The molecule has 0 saturated carbocycles. The topological polar surface area (TPSA) is 57.2 Å². The molecule has 0 unspecified atom stereocenters. The quantitative estimate of drug-likeness (QED) is 0.632. The predicted octanol–water partition coefficient (Wildman–Crippen LogP) is 2.66. The second-order valence-corrected chi connectivity index (χ2v) is 4.61. The molecular formula is C14H17N3O. The van der Waals surface area contributed by atoms with Crippen LogP contribution >= 0.6 is 0 Å². The SMILES string of the molecule is CC(=NNC(=O)C(C)C)c1ccc2[nH]ccc2c1. The summed E-state index contributed by atoms with van der Waals surface area (Å²) in [6.07, 6.45) is 1.90. The minimum absolute atomic E-state index is 0.0614. The van der Waals surface area contributed by atoms with Crippen LogP contribution in [0.3, 0.4) is 0 Å². The highest BCUT2D eigenvalue weighted by Gasteiger charge is 2.06. The van der Waals surface area contributed by atoms with Crippen LogP contribution in [0.25, 0.3) is 10.9 Å². The highest BCUT2D eigenvalue weighted by atomic mass is 16.2. The molecule has 0 aliphatic carbocycles. The summed E-state index contributed by atoms with van der Waals surface area (Å²) < 4.78 is 0. The molecule has 1 amide bonds. The number of hydrogen-bond donors (Lipinski definition) is 2. The molecule has 4 nitrogen and oxygen atoms in total. The molecule has 0 spiro atoms. The third-order valence-electron chi connectivity index (χ3n) is 2.83. The summed E-state index contributed by atoms with van der Waals surface area (Å²) in [6.45, 7) is 5.56. The molecule has 0 aliphatic heterocycles. The third kappa shape index (κ3) is 2.59. The number of carbonyl (C=O) groups excluding carboxylic acids is 1. The lowest BCUT2D eigenvalue weighted by molar-refractivity contribution is -0.123. The van der Waals surface area contributed by atoms with Crippen LogP contribution in [-0.4, -0.2) is 16.6 Å². The van der Waals surface area contributed by atoms with Crippen LogP contribution in [-0.2, 0) is 4.79 Å².